The first-order valence-electron chi connectivity index (χ1n) is 7.57. The predicted molar refractivity (Wildman–Crippen MR) is 80.4 cm³/mol. The molecule has 0 aromatic heterocycles. The van der Waals surface area contributed by atoms with Gasteiger partial charge in [0.15, 0.2) is 0 Å². The van der Waals surface area contributed by atoms with Gasteiger partial charge in [-0.05, 0) is 50.7 Å². The zero-order chi connectivity index (χ0) is 15.5. The second kappa shape index (κ2) is 6.58. The molecule has 0 aliphatic heterocycles. The predicted octanol–water partition coefficient (Wildman–Crippen LogP) is 2.52. The molecule has 2 atom stereocenters. The summed E-state index contributed by atoms with van der Waals surface area (Å²) in [6, 6.07) is 7.69. The van der Waals surface area contributed by atoms with E-state index < -0.39 is 17.5 Å². The molecule has 1 aromatic carbocycles. The third kappa shape index (κ3) is 3.44. The SMILES string of the molecule is CC(C)OCC(O)CC1(C(=O)O)CCCc2ccccc21. The largest absolute Gasteiger partial charge is 0.481 e. The first-order chi connectivity index (χ1) is 9.95. The van der Waals surface area contributed by atoms with Crippen molar-refractivity contribution in [2.45, 2.75) is 57.2 Å². The van der Waals surface area contributed by atoms with Gasteiger partial charge in [-0.3, -0.25) is 4.79 Å². The number of ether oxygens (including phenoxy) is 1. The maximum atomic E-state index is 12.0. The standard InChI is InChI=1S/C17H24O4/c1-12(2)21-11-14(18)10-17(16(19)20)9-5-7-13-6-3-4-8-15(13)17/h3-4,6,8,12,14,18H,5,7,9-11H2,1-2H3,(H,19,20). The molecule has 1 aromatic rings. The van der Waals surface area contributed by atoms with Crippen LogP contribution < -0.4 is 0 Å². The summed E-state index contributed by atoms with van der Waals surface area (Å²) in [5, 5.41) is 20.0. The monoisotopic (exact) mass is 292 g/mol. The van der Waals surface area contributed by atoms with E-state index in [1.807, 2.05) is 38.1 Å². The summed E-state index contributed by atoms with van der Waals surface area (Å²) in [7, 11) is 0. The van der Waals surface area contributed by atoms with E-state index in [-0.39, 0.29) is 19.1 Å². The van der Waals surface area contributed by atoms with E-state index >= 15 is 0 Å². The van der Waals surface area contributed by atoms with Crippen LogP contribution >= 0.6 is 0 Å². The third-order valence-corrected chi connectivity index (χ3v) is 4.20. The lowest BCUT2D eigenvalue weighted by atomic mass is 9.67. The van der Waals surface area contributed by atoms with Crippen LogP contribution in [0.25, 0.3) is 0 Å². The number of hydrogen-bond acceptors (Lipinski definition) is 3. The molecule has 4 nitrogen and oxygen atoms in total. The molecule has 0 spiro atoms. The second-order valence-electron chi connectivity index (χ2n) is 6.14. The Morgan fingerprint density at radius 1 is 1.38 bits per heavy atom. The topological polar surface area (TPSA) is 66.8 Å². The Morgan fingerprint density at radius 3 is 2.76 bits per heavy atom. The average molecular weight is 292 g/mol. The lowest BCUT2D eigenvalue weighted by molar-refractivity contribution is -0.146. The van der Waals surface area contributed by atoms with Gasteiger partial charge >= 0.3 is 5.97 Å². The van der Waals surface area contributed by atoms with Gasteiger partial charge in [0.25, 0.3) is 0 Å². The van der Waals surface area contributed by atoms with Crippen molar-refractivity contribution in [2.75, 3.05) is 6.61 Å². The Balaban J connectivity index is 2.24. The molecular formula is C17H24O4. The number of aryl methyl sites for hydroxylation is 1. The summed E-state index contributed by atoms with van der Waals surface area (Å²) >= 11 is 0. The lowest BCUT2D eigenvalue weighted by Crippen LogP contribution is -2.43. The van der Waals surface area contributed by atoms with Gasteiger partial charge in [-0.2, -0.15) is 0 Å². The number of aliphatic hydroxyl groups is 1. The van der Waals surface area contributed by atoms with E-state index in [1.54, 1.807) is 0 Å². The van der Waals surface area contributed by atoms with Crippen LogP contribution in [0.5, 0.6) is 0 Å². The van der Waals surface area contributed by atoms with Crippen molar-refractivity contribution in [3.8, 4) is 0 Å². The number of aliphatic carboxylic acids is 1. The highest BCUT2D eigenvalue weighted by molar-refractivity contribution is 5.82. The van der Waals surface area contributed by atoms with Crippen LogP contribution in [0.2, 0.25) is 0 Å². The second-order valence-corrected chi connectivity index (χ2v) is 6.14. The minimum absolute atomic E-state index is 0.0269. The van der Waals surface area contributed by atoms with Crippen molar-refractivity contribution in [2.24, 2.45) is 0 Å². The fraction of sp³-hybridized carbons (Fsp3) is 0.588. The minimum Gasteiger partial charge on any atom is -0.481 e. The molecule has 0 bridgehead atoms. The Morgan fingerprint density at radius 2 is 2.10 bits per heavy atom. The fourth-order valence-electron chi connectivity index (χ4n) is 3.21. The number of carbonyl (C=O) groups is 1. The minimum atomic E-state index is -0.991. The van der Waals surface area contributed by atoms with Gasteiger partial charge in [0.05, 0.1) is 24.2 Å². The van der Waals surface area contributed by atoms with Crippen molar-refractivity contribution in [1.82, 2.24) is 0 Å². The van der Waals surface area contributed by atoms with Crippen LogP contribution in [0.1, 0.15) is 44.2 Å². The maximum absolute atomic E-state index is 12.0. The van der Waals surface area contributed by atoms with E-state index in [0.29, 0.717) is 6.42 Å². The number of carboxylic acid groups (broad SMARTS) is 1. The fourth-order valence-corrected chi connectivity index (χ4v) is 3.21. The van der Waals surface area contributed by atoms with Crippen LogP contribution in [0.3, 0.4) is 0 Å². The Kier molecular flexibility index (Phi) is 5.01. The summed E-state index contributed by atoms with van der Waals surface area (Å²) < 4.78 is 5.41. The Labute approximate surface area is 125 Å². The number of hydrogen-bond donors (Lipinski definition) is 2. The molecule has 0 radical (unpaired) electrons. The number of benzene rings is 1. The molecule has 0 amide bonds. The summed E-state index contributed by atoms with van der Waals surface area (Å²) in [6.07, 6.45) is 1.77. The zero-order valence-electron chi connectivity index (χ0n) is 12.7. The molecule has 2 N–H and O–H groups in total. The molecule has 4 heteroatoms. The molecule has 0 saturated heterocycles. The molecule has 0 fully saturated rings. The van der Waals surface area contributed by atoms with Crippen LogP contribution in [0.15, 0.2) is 24.3 Å². The van der Waals surface area contributed by atoms with E-state index in [1.165, 1.54) is 0 Å². The number of carboxylic acids is 1. The van der Waals surface area contributed by atoms with Crippen molar-refractivity contribution in [3.05, 3.63) is 35.4 Å². The molecular weight excluding hydrogens is 268 g/mol. The highest BCUT2D eigenvalue weighted by Gasteiger charge is 2.44. The number of aliphatic hydroxyl groups excluding tert-OH is 1. The van der Waals surface area contributed by atoms with Gasteiger partial charge in [0.1, 0.15) is 0 Å². The normalized spacial score (nSPS) is 22.9. The number of rotatable bonds is 6. The highest BCUT2D eigenvalue weighted by Crippen LogP contribution is 2.41. The summed E-state index contributed by atoms with van der Waals surface area (Å²) in [5.74, 6) is -0.849. The molecule has 1 aliphatic rings. The lowest BCUT2D eigenvalue weighted by Gasteiger charge is -2.37. The molecule has 21 heavy (non-hydrogen) atoms. The Bertz CT molecular complexity index is 497. The third-order valence-electron chi connectivity index (χ3n) is 4.20. The van der Waals surface area contributed by atoms with E-state index in [2.05, 4.69) is 0 Å². The van der Waals surface area contributed by atoms with Crippen molar-refractivity contribution in [1.29, 1.82) is 0 Å². The van der Waals surface area contributed by atoms with Crippen LogP contribution in [-0.2, 0) is 21.4 Å². The van der Waals surface area contributed by atoms with Crippen LogP contribution in [-0.4, -0.2) is 35.0 Å². The van der Waals surface area contributed by atoms with Crippen molar-refractivity contribution in [3.63, 3.8) is 0 Å². The first-order valence-corrected chi connectivity index (χ1v) is 7.57. The maximum Gasteiger partial charge on any atom is 0.314 e. The van der Waals surface area contributed by atoms with E-state index in [0.717, 1.165) is 24.0 Å². The summed E-state index contributed by atoms with van der Waals surface area (Å²) in [6.45, 7) is 3.97. The number of fused-ring (bicyclic) bond motifs is 1. The average Bonchev–Trinajstić information content (AvgIpc) is 2.45. The van der Waals surface area contributed by atoms with Crippen molar-refractivity contribution < 1.29 is 19.7 Å². The van der Waals surface area contributed by atoms with Gasteiger partial charge in [-0.15, -0.1) is 0 Å². The van der Waals surface area contributed by atoms with Crippen LogP contribution in [0.4, 0.5) is 0 Å². The molecule has 0 heterocycles. The van der Waals surface area contributed by atoms with Gasteiger partial charge in [-0.1, -0.05) is 24.3 Å². The van der Waals surface area contributed by atoms with Gasteiger partial charge < -0.3 is 14.9 Å². The zero-order valence-corrected chi connectivity index (χ0v) is 12.7. The summed E-state index contributed by atoms with van der Waals surface area (Å²) in [5.41, 5.74) is 0.949. The Hall–Kier alpha value is -1.39. The van der Waals surface area contributed by atoms with E-state index in [9.17, 15) is 15.0 Å². The molecule has 116 valence electrons. The van der Waals surface area contributed by atoms with E-state index in [4.69, 9.17) is 4.74 Å². The van der Waals surface area contributed by atoms with Crippen molar-refractivity contribution >= 4 is 5.97 Å². The summed E-state index contributed by atoms with van der Waals surface area (Å²) in [4.78, 5) is 12.0. The first kappa shape index (κ1) is 16.0. The molecule has 1 aliphatic carbocycles. The van der Waals surface area contributed by atoms with Gasteiger partial charge in [0, 0.05) is 0 Å². The molecule has 2 unspecified atom stereocenters. The smallest absolute Gasteiger partial charge is 0.314 e. The van der Waals surface area contributed by atoms with Gasteiger partial charge in [-0.25, -0.2) is 0 Å². The molecule has 2 rings (SSSR count). The van der Waals surface area contributed by atoms with Crippen LogP contribution in [0, 0.1) is 0 Å². The molecule has 0 saturated carbocycles. The van der Waals surface area contributed by atoms with Gasteiger partial charge in [0.2, 0.25) is 0 Å². The highest BCUT2D eigenvalue weighted by atomic mass is 16.5. The quantitative estimate of drug-likeness (QED) is 0.845.